The summed E-state index contributed by atoms with van der Waals surface area (Å²) in [6.45, 7) is 7.56. The Balaban J connectivity index is 2.72. The smallest absolute Gasteiger partial charge is 0.0210 e. The van der Waals surface area contributed by atoms with Gasteiger partial charge in [-0.3, -0.25) is 0 Å². The predicted octanol–water partition coefficient (Wildman–Crippen LogP) is 4.32. The fourth-order valence-corrected chi connectivity index (χ4v) is 2.42. The van der Waals surface area contributed by atoms with E-state index in [-0.39, 0.29) is 0 Å². The Bertz CT molecular complexity index is 328. The molecule has 0 saturated carbocycles. The lowest BCUT2D eigenvalue weighted by molar-refractivity contribution is 0.349. The lowest BCUT2D eigenvalue weighted by Gasteiger charge is -2.23. The first kappa shape index (κ1) is 13.7. The molecule has 0 amide bonds. The average molecular weight is 284 g/mol. The van der Waals surface area contributed by atoms with Crippen molar-refractivity contribution in [3.8, 4) is 0 Å². The molecule has 0 aliphatic carbocycles. The van der Waals surface area contributed by atoms with Gasteiger partial charge in [-0.25, -0.2) is 0 Å². The lowest BCUT2D eigenvalue weighted by Crippen LogP contribution is -2.16. The molecule has 0 aliphatic heterocycles. The molecule has 0 fully saturated rings. The van der Waals surface area contributed by atoms with Crippen LogP contribution in [-0.4, -0.2) is 6.54 Å². The van der Waals surface area contributed by atoms with Crippen LogP contribution < -0.4 is 5.73 Å². The molecule has 0 spiro atoms. The van der Waals surface area contributed by atoms with Gasteiger partial charge in [0.1, 0.15) is 0 Å². The Morgan fingerprint density at radius 1 is 1.25 bits per heavy atom. The minimum Gasteiger partial charge on any atom is -0.330 e. The summed E-state index contributed by atoms with van der Waals surface area (Å²) in [4.78, 5) is 0. The first-order chi connectivity index (χ1) is 7.44. The van der Waals surface area contributed by atoms with E-state index >= 15 is 0 Å². The topological polar surface area (TPSA) is 26.0 Å². The van der Waals surface area contributed by atoms with Crippen molar-refractivity contribution in [1.82, 2.24) is 0 Å². The van der Waals surface area contributed by atoms with E-state index in [9.17, 15) is 0 Å². The molecule has 0 aromatic heterocycles. The molecule has 1 nitrogen and oxygen atoms in total. The van der Waals surface area contributed by atoms with Crippen LogP contribution in [0.3, 0.4) is 0 Å². The van der Waals surface area contributed by atoms with Crippen LogP contribution >= 0.6 is 15.9 Å². The molecule has 1 aromatic carbocycles. The van der Waals surface area contributed by atoms with Crippen molar-refractivity contribution in [3.63, 3.8) is 0 Å². The molecular weight excluding hydrogens is 262 g/mol. The van der Waals surface area contributed by atoms with E-state index in [0.717, 1.165) is 13.0 Å². The molecule has 16 heavy (non-hydrogen) atoms. The fourth-order valence-electron chi connectivity index (χ4n) is 1.81. The maximum absolute atomic E-state index is 5.88. The van der Waals surface area contributed by atoms with Gasteiger partial charge in [-0.05, 0) is 42.3 Å². The molecule has 2 N–H and O–H groups in total. The van der Waals surface area contributed by atoms with Crippen LogP contribution in [-0.2, 0) is 0 Å². The summed E-state index contributed by atoms with van der Waals surface area (Å²) in [6, 6.07) is 8.39. The van der Waals surface area contributed by atoms with Crippen LogP contribution in [0.2, 0.25) is 0 Å². The quantitative estimate of drug-likeness (QED) is 0.875. The molecule has 90 valence electrons. The van der Waals surface area contributed by atoms with Gasteiger partial charge in [-0.1, -0.05) is 54.9 Å². The van der Waals surface area contributed by atoms with Crippen molar-refractivity contribution < 1.29 is 0 Å². The monoisotopic (exact) mass is 283 g/mol. The van der Waals surface area contributed by atoms with Crippen molar-refractivity contribution in [2.45, 2.75) is 39.5 Å². The summed E-state index contributed by atoms with van der Waals surface area (Å²) in [6.07, 6.45) is 2.36. The van der Waals surface area contributed by atoms with E-state index in [2.05, 4.69) is 54.9 Å². The average Bonchev–Trinajstić information content (AvgIpc) is 2.20. The van der Waals surface area contributed by atoms with E-state index in [4.69, 9.17) is 5.73 Å². The normalized spacial score (nSPS) is 13.8. The fraction of sp³-hybridized carbons (Fsp3) is 0.571. The Labute approximate surface area is 108 Å². The van der Waals surface area contributed by atoms with E-state index in [1.165, 1.54) is 16.5 Å². The third-order valence-corrected chi connectivity index (χ3v) is 3.59. The molecule has 0 bridgehead atoms. The molecule has 0 heterocycles. The zero-order valence-electron chi connectivity index (χ0n) is 10.5. The van der Waals surface area contributed by atoms with Gasteiger partial charge in [0.15, 0.2) is 0 Å². The number of hydrogen-bond acceptors (Lipinski definition) is 1. The third-order valence-electron chi connectivity index (χ3n) is 2.87. The molecule has 0 saturated heterocycles. The summed E-state index contributed by atoms with van der Waals surface area (Å²) < 4.78 is 1.18. The van der Waals surface area contributed by atoms with E-state index in [1.807, 2.05) is 6.07 Å². The standard InChI is InChI=1S/C14H22BrN/c1-14(2,3)9-8-11(10-16)12-6-4-5-7-13(12)15/h4-7,11H,8-10,16H2,1-3H3. The maximum Gasteiger partial charge on any atom is 0.0210 e. The molecule has 1 atom stereocenters. The second-order valence-corrected chi connectivity index (χ2v) is 6.41. The van der Waals surface area contributed by atoms with Crippen LogP contribution in [0.25, 0.3) is 0 Å². The summed E-state index contributed by atoms with van der Waals surface area (Å²) in [7, 11) is 0. The molecule has 1 rings (SSSR count). The third kappa shape index (κ3) is 4.26. The first-order valence-electron chi connectivity index (χ1n) is 5.88. The lowest BCUT2D eigenvalue weighted by atomic mass is 9.84. The minimum absolute atomic E-state index is 0.384. The van der Waals surface area contributed by atoms with Gasteiger partial charge < -0.3 is 5.73 Å². The van der Waals surface area contributed by atoms with Crippen molar-refractivity contribution in [2.24, 2.45) is 11.1 Å². The van der Waals surface area contributed by atoms with Crippen LogP contribution in [0.15, 0.2) is 28.7 Å². The highest BCUT2D eigenvalue weighted by Crippen LogP contribution is 2.31. The van der Waals surface area contributed by atoms with Gasteiger partial charge in [0.2, 0.25) is 0 Å². The summed E-state index contributed by atoms with van der Waals surface area (Å²) in [5.74, 6) is 0.467. The SMILES string of the molecule is CC(C)(C)CCC(CN)c1ccccc1Br. The first-order valence-corrected chi connectivity index (χ1v) is 6.68. The molecule has 1 aromatic rings. The van der Waals surface area contributed by atoms with Crippen molar-refractivity contribution in [3.05, 3.63) is 34.3 Å². The van der Waals surface area contributed by atoms with E-state index < -0.39 is 0 Å². The Hall–Kier alpha value is -0.340. The highest BCUT2D eigenvalue weighted by molar-refractivity contribution is 9.10. The van der Waals surface area contributed by atoms with Crippen LogP contribution in [0.1, 0.15) is 45.1 Å². The Morgan fingerprint density at radius 2 is 1.88 bits per heavy atom. The number of halogens is 1. The van der Waals surface area contributed by atoms with Crippen LogP contribution in [0, 0.1) is 5.41 Å². The largest absolute Gasteiger partial charge is 0.330 e. The van der Waals surface area contributed by atoms with Gasteiger partial charge in [0, 0.05) is 4.47 Å². The molecule has 1 unspecified atom stereocenters. The van der Waals surface area contributed by atoms with Gasteiger partial charge >= 0.3 is 0 Å². The number of nitrogens with two attached hydrogens (primary N) is 1. The summed E-state index contributed by atoms with van der Waals surface area (Å²) in [5.41, 5.74) is 7.61. The highest BCUT2D eigenvalue weighted by atomic mass is 79.9. The zero-order chi connectivity index (χ0) is 12.2. The Kier molecular flexibility index (Phi) is 5.00. The second kappa shape index (κ2) is 5.83. The number of rotatable bonds is 4. The molecule has 0 aliphatic rings. The van der Waals surface area contributed by atoms with E-state index in [1.54, 1.807) is 0 Å². The summed E-state index contributed by atoms with van der Waals surface area (Å²) in [5, 5.41) is 0. The highest BCUT2D eigenvalue weighted by Gasteiger charge is 2.17. The van der Waals surface area contributed by atoms with Crippen molar-refractivity contribution in [2.75, 3.05) is 6.54 Å². The summed E-state index contributed by atoms with van der Waals surface area (Å²) >= 11 is 3.60. The zero-order valence-corrected chi connectivity index (χ0v) is 12.0. The van der Waals surface area contributed by atoms with Crippen LogP contribution in [0.4, 0.5) is 0 Å². The molecular formula is C14H22BrN. The maximum atomic E-state index is 5.88. The Morgan fingerprint density at radius 3 is 2.38 bits per heavy atom. The van der Waals surface area contributed by atoms with Gasteiger partial charge in [0.05, 0.1) is 0 Å². The van der Waals surface area contributed by atoms with Gasteiger partial charge in [0.25, 0.3) is 0 Å². The molecule has 2 heteroatoms. The minimum atomic E-state index is 0.384. The van der Waals surface area contributed by atoms with Gasteiger partial charge in [-0.15, -0.1) is 0 Å². The van der Waals surface area contributed by atoms with Gasteiger partial charge in [-0.2, -0.15) is 0 Å². The van der Waals surface area contributed by atoms with Crippen molar-refractivity contribution in [1.29, 1.82) is 0 Å². The predicted molar refractivity (Wildman–Crippen MR) is 74.6 cm³/mol. The molecule has 0 radical (unpaired) electrons. The number of benzene rings is 1. The second-order valence-electron chi connectivity index (χ2n) is 5.55. The number of hydrogen-bond donors (Lipinski definition) is 1. The van der Waals surface area contributed by atoms with Crippen molar-refractivity contribution >= 4 is 15.9 Å². The van der Waals surface area contributed by atoms with Crippen LogP contribution in [0.5, 0.6) is 0 Å². The van der Waals surface area contributed by atoms with E-state index in [0.29, 0.717) is 11.3 Å².